The molecule has 2 heterocycles. The van der Waals surface area contributed by atoms with Gasteiger partial charge in [-0.15, -0.1) is 10.2 Å². The minimum absolute atomic E-state index is 0.0242. The molecular weight excluding hydrogens is 601 g/mol. The molecule has 11 heteroatoms. The van der Waals surface area contributed by atoms with E-state index < -0.39 is 17.7 Å². The number of aromatic nitrogens is 2. The van der Waals surface area contributed by atoms with Crippen LogP contribution in [-0.4, -0.2) is 33.6 Å². The smallest absolute Gasteiger partial charge is 0.301 e. The van der Waals surface area contributed by atoms with E-state index in [0.29, 0.717) is 43.6 Å². The lowest BCUT2D eigenvalue weighted by atomic mass is 9.95. The van der Waals surface area contributed by atoms with Gasteiger partial charge in [0, 0.05) is 21.4 Å². The summed E-state index contributed by atoms with van der Waals surface area (Å²) in [6, 6.07) is 18.6. The van der Waals surface area contributed by atoms with Crippen LogP contribution in [0, 0.1) is 6.92 Å². The predicted molar refractivity (Wildman–Crippen MR) is 164 cm³/mol. The number of nitrogens with zero attached hydrogens (tertiary/aromatic N) is 3. The lowest BCUT2D eigenvalue weighted by molar-refractivity contribution is -0.132. The highest BCUT2D eigenvalue weighted by Crippen LogP contribution is 2.44. The van der Waals surface area contributed by atoms with E-state index in [4.69, 9.17) is 27.9 Å². The number of carbonyl (C=O) groups excluding carboxylic acids is 2. The number of ketones is 1. The predicted octanol–water partition coefficient (Wildman–Crippen LogP) is 7.86. The molecule has 1 atom stereocenters. The van der Waals surface area contributed by atoms with Crippen molar-refractivity contribution in [2.24, 2.45) is 0 Å². The Hall–Kier alpha value is -3.37. The number of aliphatic hydroxyl groups excluding tert-OH is 1. The first-order valence-electron chi connectivity index (χ1n) is 12.8. The summed E-state index contributed by atoms with van der Waals surface area (Å²) in [5.41, 5.74) is 2.89. The molecule has 1 aromatic heterocycles. The minimum Gasteiger partial charge on any atom is -0.507 e. The van der Waals surface area contributed by atoms with Gasteiger partial charge in [0.2, 0.25) is 5.13 Å². The highest BCUT2D eigenvalue weighted by Gasteiger charge is 2.48. The Morgan fingerprint density at radius 2 is 1.85 bits per heavy atom. The van der Waals surface area contributed by atoms with E-state index in [-0.39, 0.29) is 16.5 Å². The molecule has 0 saturated carbocycles. The van der Waals surface area contributed by atoms with Crippen LogP contribution in [0.1, 0.15) is 41.6 Å². The Balaban J connectivity index is 1.54. The van der Waals surface area contributed by atoms with Gasteiger partial charge in [-0.25, -0.2) is 0 Å². The summed E-state index contributed by atoms with van der Waals surface area (Å²) in [5, 5.41) is 21.2. The maximum Gasteiger partial charge on any atom is 0.301 e. The maximum atomic E-state index is 13.5. The van der Waals surface area contributed by atoms with Gasteiger partial charge in [-0.2, -0.15) is 0 Å². The summed E-state index contributed by atoms with van der Waals surface area (Å²) in [6.45, 7) is 4.45. The van der Waals surface area contributed by atoms with Gasteiger partial charge in [-0.05, 0) is 48.7 Å². The topological polar surface area (TPSA) is 92.6 Å². The molecule has 1 fully saturated rings. The van der Waals surface area contributed by atoms with Gasteiger partial charge in [0.05, 0.1) is 18.2 Å². The van der Waals surface area contributed by atoms with Crippen molar-refractivity contribution in [2.75, 3.05) is 11.5 Å². The molecule has 210 valence electrons. The van der Waals surface area contributed by atoms with Crippen LogP contribution in [0.25, 0.3) is 5.76 Å². The van der Waals surface area contributed by atoms with E-state index in [9.17, 15) is 14.7 Å². The molecule has 7 nitrogen and oxygen atoms in total. The molecule has 1 aliphatic rings. The monoisotopic (exact) mass is 625 g/mol. The summed E-state index contributed by atoms with van der Waals surface area (Å²) in [4.78, 5) is 28.3. The summed E-state index contributed by atoms with van der Waals surface area (Å²) in [6.07, 6.45) is 0.822. The summed E-state index contributed by atoms with van der Waals surface area (Å²) in [5.74, 6) is -0.745. The molecule has 1 saturated heterocycles. The Kier molecular flexibility index (Phi) is 8.99. The van der Waals surface area contributed by atoms with E-state index in [1.165, 1.54) is 28.0 Å². The van der Waals surface area contributed by atoms with E-state index in [1.807, 2.05) is 38.1 Å². The Morgan fingerprint density at radius 3 is 2.59 bits per heavy atom. The van der Waals surface area contributed by atoms with Crippen molar-refractivity contribution >= 4 is 68.9 Å². The highest BCUT2D eigenvalue weighted by molar-refractivity contribution is 8.00. The second-order valence-corrected chi connectivity index (χ2v) is 12.4. The van der Waals surface area contributed by atoms with Gasteiger partial charge in [0.15, 0.2) is 4.34 Å². The molecular formula is C30H25Cl2N3O4S2. The Labute approximate surface area is 255 Å². The molecule has 0 spiro atoms. The van der Waals surface area contributed by atoms with E-state index >= 15 is 0 Å². The van der Waals surface area contributed by atoms with Crippen LogP contribution < -0.4 is 9.64 Å². The number of halogens is 2. The Bertz CT molecular complexity index is 1640. The average molecular weight is 627 g/mol. The number of carbonyl (C=O) groups is 2. The number of ether oxygens (including phenoxy) is 1. The molecule has 1 amide bonds. The van der Waals surface area contributed by atoms with Crippen molar-refractivity contribution in [3.63, 3.8) is 0 Å². The number of anilines is 1. The second-order valence-electron chi connectivity index (χ2n) is 9.33. The number of amides is 1. The lowest BCUT2D eigenvalue weighted by Crippen LogP contribution is -2.29. The van der Waals surface area contributed by atoms with Crippen LogP contribution in [0.2, 0.25) is 10.0 Å². The van der Waals surface area contributed by atoms with Crippen LogP contribution in [0.3, 0.4) is 0 Å². The molecule has 4 aromatic rings. The first-order chi connectivity index (χ1) is 19.8. The number of Topliss-reactive ketones (excluding diaryl/α,β-unsaturated/α-hetero) is 1. The molecule has 1 unspecified atom stereocenters. The van der Waals surface area contributed by atoms with Crippen LogP contribution >= 0.6 is 46.3 Å². The summed E-state index contributed by atoms with van der Waals surface area (Å²) < 4.78 is 6.41. The van der Waals surface area contributed by atoms with Gasteiger partial charge >= 0.3 is 5.91 Å². The molecule has 5 rings (SSSR count). The van der Waals surface area contributed by atoms with E-state index in [1.54, 1.807) is 42.5 Å². The number of hydrogen-bond acceptors (Lipinski definition) is 8. The largest absolute Gasteiger partial charge is 0.507 e. The van der Waals surface area contributed by atoms with Crippen molar-refractivity contribution in [3.8, 4) is 5.75 Å². The molecule has 1 N–H and O–H groups in total. The SMILES string of the molecule is CCCOc1cccc(C2/C(=C(\O)c3ccc(C)cc3)C(=O)C(=O)N2c2nnc(SCc3ccc(Cl)cc3Cl)s2)c1. The van der Waals surface area contributed by atoms with Gasteiger partial charge in [0.1, 0.15) is 11.5 Å². The van der Waals surface area contributed by atoms with Gasteiger partial charge < -0.3 is 9.84 Å². The van der Waals surface area contributed by atoms with Crippen LogP contribution in [-0.2, 0) is 15.3 Å². The normalized spacial score (nSPS) is 16.4. The zero-order chi connectivity index (χ0) is 29.1. The lowest BCUT2D eigenvalue weighted by Gasteiger charge is -2.23. The number of rotatable bonds is 9. The Morgan fingerprint density at radius 1 is 1.07 bits per heavy atom. The van der Waals surface area contributed by atoms with Gasteiger partial charge in [-0.1, -0.05) is 101 Å². The van der Waals surface area contributed by atoms with Gasteiger partial charge in [0.25, 0.3) is 5.78 Å². The zero-order valence-corrected chi connectivity index (χ0v) is 25.3. The number of aliphatic hydroxyl groups is 1. The van der Waals surface area contributed by atoms with Crippen molar-refractivity contribution in [3.05, 3.63) is 105 Å². The highest BCUT2D eigenvalue weighted by atomic mass is 35.5. The first-order valence-corrected chi connectivity index (χ1v) is 15.3. The van der Waals surface area contributed by atoms with Crippen molar-refractivity contribution in [1.82, 2.24) is 10.2 Å². The fourth-order valence-electron chi connectivity index (χ4n) is 4.34. The second kappa shape index (κ2) is 12.7. The zero-order valence-electron chi connectivity index (χ0n) is 22.1. The van der Waals surface area contributed by atoms with Crippen LogP contribution in [0.5, 0.6) is 5.75 Å². The van der Waals surface area contributed by atoms with Crippen molar-refractivity contribution in [2.45, 2.75) is 36.4 Å². The van der Waals surface area contributed by atoms with Crippen molar-refractivity contribution < 1.29 is 19.4 Å². The molecule has 41 heavy (non-hydrogen) atoms. The third kappa shape index (κ3) is 6.28. The van der Waals surface area contributed by atoms with E-state index in [2.05, 4.69) is 10.2 Å². The standard InChI is InChI=1S/C30H25Cl2N3O4S2/c1-3-13-39-22-6-4-5-19(14-22)25-24(26(36)18-9-7-17(2)8-10-18)27(37)28(38)35(25)29-33-34-30(41-29)40-16-20-11-12-21(31)15-23(20)32/h4-12,14-15,25,36H,3,13,16H2,1-2H3/b26-24+. The first kappa shape index (κ1) is 29.1. The number of aryl methyl sites for hydroxylation is 1. The van der Waals surface area contributed by atoms with Gasteiger partial charge in [-0.3, -0.25) is 14.5 Å². The summed E-state index contributed by atoms with van der Waals surface area (Å²) in [7, 11) is 0. The quantitative estimate of drug-likeness (QED) is 0.0665. The molecule has 0 aliphatic carbocycles. The number of benzene rings is 3. The maximum absolute atomic E-state index is 13.5. The number of hydrogen-bond donors (Lipinski definition) is 1. The van der Waals surface area contributed by atoms with E-state index in [0.717, 1.165) is 17.5 Å². The van der Waals surface area contributed by atoms with Crippen LogP contribution in [0.4, 0.5) is 5.13 Å². The fraction of sp³-hybridized carbons (Fsp3) is 0.200. The third-order valence-electron chi connectivity index (χ3n) is 6.38. The van der Waals surface area contributed by atoms with Crippen molar-refractivity contribution in [1.29, 1.82) is 0 Å². The third-order valence-corrected chi connectivity index (χ3v) is 9.08. The van der Waals surface area contributed by atoms with Crippen LogP contribution in [0.15, 0.2) is 76.6 Å². The molecule has 1 aliphatic heterocycles. The minimum atomic E-state index is -0.932. The average Bonchev–Trinajstić information content (AvgIpc) is 3.53. The number of thioether (sulfide) groups is 1. The molecule has 3 aromatic carbocycles. The molecule has 0 bridgehead atoms. The summed E-state index contributed by atoms with van der Waals surface area (Å²) >= 11 is 14.9. The fourth-order valence-corrected chi connectivity index (χ4v) is 6.77. The molecule has 0 radical (unpaired) electrons.